The van der Waals surface area contributed by atoms with E-state index < -0.39 is 0 Å². The van der Waals surface area contributed by atoms with Crippen molar-refractivity contribution in [2.24, 2.45) is 0 Å². The van der Waals surface area contributed by atoms with Gasteiger partial charge in [0.25, 0.3) is 0 Å². The van der Waals surface area contributed by atoms with Gasteiger partial charge >= 0.3 is 6.03 Å². The van der Waals surface area contributed by atoms with E-state index in [1.54, 1.807) is 0 Å². The number of likely N-dealkylation sites (tertiary alicyclic amines) is 1. The monoisotopic (exact) mass is 273 g/mol. The van der Waals surface area contributed by atoms with Crippen molar-refractivity contribution in [2.45, 2.75) is 44.2 Å². The molecular formula is C16H23N3O. The molecule has 0 spiro atoms. The van der Waals surface area contributed by atoms with Gasteiger partial charge in [-0.25, -0.2) is 4.79 Å². The molecule has 3 rings (SSSR count). The molecule has 2 heterocycles. The van der Waals surface area contributed by atoms with Gasteiger partial charge in [0.15, 0.2) is 0 Å². The topological polar surface area (TPSA) is 44.4 Å². The van der Waals surface area contributed by atoms with Crippen LogP contribution in [-0.4, -0.2) is 36.1 Å². The summed E-state index contributed by atoms with van der Waals surface area (Å²) in [6.45, 7) is 1.97. The summed E-state index contributed by atoms with van der Waals surface area (Å²) in [4.78, 5) is 14.6. The first-order valence-electron chi connectivity index (χ1n) is 7.70. The second-order valence-corrected chi connectivity index (χ2v) is 5.76. The van der Waals surface area contributed by atoms with E-state index in [0.717, 1.165) is 31.6 Å². The first-order chi connectivity index (χ1) is 9.84. The minimum absolute atomic E-state index is 0.0506. The maximum absolute atomic E-state index is 12.5. The van der Waals surface area contributed by atoms with Crippen LogP contribution in [0.2, 0.25) is 0 Å². The molecule has 0 aliphatic carbocycles. The average Bonchev–Trinajstić information content (AvgIpc) is 3.02. The standard InChI is InChI=1S/C16H23N3O/c20-16(18-13-7-2-1-3-8-13)19-12-5-4-10-15(19)14-9-6-11-17-14/h1-3,7-8,14-15,17H,4-6,9-12H2,(H,18,20). The van der Waals surface area contributed by atoms with Crippen LogP contribution >= 0.6 is 0 Å². The molecule has 1 aromatic carbocycles. The molecule has 0 bridgehead atoms. The first kappa shape index (κ1) is 13.4. The minimum atomic E-state index is 0.0506. The van der Waals surface area contributed by atoms with Gasteiger partial charge in [0.1, 0.15) is 0 Å². The summed E-state index contributed by atoms with van der Waals surface area (Å²) in [5.41, 5.74) is 0.876. The molecule has 2 aliphatic rings. The number of hydrogen-bond donors (Lipinski definition) is 2. The van der Waals surface area contributed by atoms with Crippen molar-refractivity contribution in [3.05, 3.63) is 30.3 Å². The van der Waals surface area contributed by atoms with Crippen molar-refractivity contribution in [3.63, 3.8) is 0 Å². The van der Waals surface area contributed by atoms with Gasteiger partial charge in [0.2, 0.25) is 0 Å². The molecule has 2 aliphatic heterocycles. The number of para-hydroxylation sites is 1. The number of nitrogens with one attached hydrogen (secondary N) is 2. The predicted octanol–water partition coefficient (Wildman–Crippen LogP) is 2.83. The number of anilines is 1. The molecule has 4 nitrogen and oxygen atoms in total. The smallest absolute Gasteiger partial charge is 0.320 e. The molecular weight excluding hydrogens is 250 g/mol. The van der Waals surface area contributed by atoms with Gasteiger partial charge in [-0.1, -0.05) is 18.2 Å². The number of carbonyl (C=O) groups is 1. The fraction of sp³-hybridized carbons (Fsp3) is 0.562. The molecule has 2 unspecified atom stereocenters. The maximum Gasteiger partial charge on any atom is 0.322 e. The van der Waals surface area contributed by atoms with Crippen molar-refractivity contribution in [3.8, 4) is 0 Å². The Balaban J connectivity index is 1.67. The maximum atomic E-state index is 12.5. The molecule has 2 fully saturated rings. The number of amides is 2. The van der Waals surface area contributed by atoms with E-state index in [0.29, 0.717) is 12.1 Å². The van der Waals surface area contributed by atoms with E-state index in [1.165, 1.54) is 19.3 Å². The summed E-state index contributed by atoms with van der Waals surface area (Å²) in [6.07, 6.45) is 5.90. The Bertz CT molecular complexity index is 442. The van der Waals surface area contributed by atoms with Gasteiger partial charge in [0.05, 0.1) is 0 Å². The molecule has 2 atom stereocenters. The van der Waals surface area contributed by atoms with E-state index in [9.17, 15) is 4.79 Å². The molecule has 108 valence electrons. The fourth-order valence-electron chi connectivity index (χ4n) is 3.38. The summed E-state index contributed by atoms with van der Waals surface area (Å²) in [7, 11) is 0. The van der Waals surface area contributed by atoms with Gasteiger partial charge in [-0.3, -0.25) is 0 Å². The van der Waals surface area contributed by atoms with Crippen molar-refractivity contribution >= 4 is 11.7 Å². The Kier molecular flexibility index (Phi) is 4.21. The summed E-state index contributed by atoms with van der Waals surface area (Å²) < 4.78 is 0. The number of hydrogen-bond acceptors (Lipinski definition) is 2. The molecule has 2 amide bonds. The van der Waals surface area contributed by atoms with Crippen LogP contribution in [0.3, 0.4) is 0 Å². The first-order valence-corrected chi connectivity index (χ1v) is 7.70. The zero-order valence-electron chi connectivity index (χ0n) is 11.8. The lowest BCUT2D eigenvalue weighted by Crippen LogP contribution is -2.53. The van der Waals surface area contributed by atoms with E-state index in [1.807, 2.05) is 35.2 Å². The Morgan fingerprint density at radius 3 is 2.75 bits per heavy atom. The highest BCUT2D eigenvalue weighted by Crippen LogP contribution is 2.25. The number of urea groups is 1. The Labute approximate surface area is 120 Å². The van der Waals surface area contributed by atoms with Crippen molar-refractivity contribution in [1.82, 2.24) is 10.2 Å². The molecule has 2 N–H and O–H groups in total. The van der Waals surface area contributed by atoms with Crippen LogP contribution < -0.4 is 10.6 Å². The third-order valence-corrected chi connectivity index (χ3v) is 4.40. The third-order valence-electron chi connectivity index (χ3n) is 4.40. The van der Waals surface area contributed by atoms with Crippen molar-refractivity contribution in [1.29, 1.82) is 0 Å². The zero-order valence-corrected chi connectivity index (χ0v) is 11.8. The molecule has 4 heteroatoms. The van der Waals surface area contributed by atoms with E-state index >= 15 is 0 Å². The lowest BCUT2D eigenvalue weighted by atomic mass is 9.95. The van der Waals surface area contributed by atoms with Gasteiger partial charge in [-0.15, -0.1) is 0 Å². The van der Waals surface area contributed by atoms with Crippen molar-refractivity contribution in [2.75, 3.05) is 18.4 Å². The Morgan fingerprint density at radius 1 is 1.15 bits per heavy atom. The van der Waals surface area contributed by atoms with Crippen LogP contribution in [0.15, 0.2) is 30.3 Å². The van der Waals surface area contributed by atoms with Gasteiger partial charge in [-0.05, 0) is 50.8 Å². The molecule has 20 heavy (non-hydrogen) atoms. The largest absolute Gasteiger partial charge is 0.322 e. The van der Waals surface area contributed by atoms with Gasteiger partial charge in [0, 0.05) is 24.3 Å². The third kappa shape index (κ3) is 2.96. The van der Waals surface area contributed by atoms with Crippen LogP contribution in [0, 0.1) is 0 Å². The van der Waals surface area contributed by atoms with Crippen LogP contribution in [0.5, 0.6) is 0 Å². The highest BCUT2D eigenvalue weighted by atomic mass is 16.2. The predicted molar refractivity (Wildman–Crippen MR) is 80.8 cm³/mol. The summed E-state index contributed by atoms with van der Waals surface area (Å²) in [6, 6.07) is 10.6. The minimum Gasteiger partial charge on any atom is -0.320 e. The summed E-state index contributed by atoms with van der Waals surface area (Å²) in [5.74, 6) is 0. The summed E-state index contributed by atoms with van der Waals surface area (Å²) in [5, 5.41) is 6.58. The van der Waals surface area contributed by atoms with Crippen LogP contribution in [0.25, 0.3) is 0 Å². The lowest BCUT2D eigenvalue weighted by molar-refractivity contribution is 0.143. The van der Waals surface area contributed by atoms with Crippen LogP contribution in [0.4, 0.5) is 10.5 Å². The Hall–Kier alpha value is -1.55. The quantitative estimate of drug-likeness (QED) is 0.870. The second kappa shape index (κ2) is 6.27. The molecule has 0 saturated carbocycles. The van der Waals surface area contributed by atoms with Crippen LogP contribution in [0.1, 0.15) is 32.1 Å². The zero-order chi connectivity index (χ0) is 13.8. The van der Waals surface area contributed by atoms with Gasteiger partial charge in [-0.2, -0.15) is 0 Å². The SMILES string of the molecule is O=C(Nc1ccccc1)N1CCCCC1C1CCCN1. The Morgan fingerprint density at radius 2 is 2.00 bits per heavy atom. The molecule has 2 saturated heterocycles. The molecule has 1 aromatic rings. The average molecular weight is 273 g/mol. The van der Waals surface area contributed by atoms with E-state index in [-0.39, 0.29) is 6.03 Å². The molecule has 0 radical (unpaired) electrons. The van der Waals surface area contributed by atoms with Gasteiger partial charge < -0.3 is 15.5 Å². The van der Waals surface area contributed by atoms with Crippen LogP contribution in [-0.2, 0) is 0 Å². The fourth-order valence-corrected chi connectivity index (χ4v) is 3.38. The number of carbonyl (C=O) groups excluding carboxylic acids is 1. The lowest BCUT2D eigenvalue weighted by Gasteiger charge is -2.39. The highest BCUT2D eigenvalue weighted by Gasteiger charge is 2.34. The number of benzene rings is 1. The number of rotatable bonds is 2. The number of piperidine rings is 1. The molecule has 0 aromatic heterocycles. The van der Waals surface area contributed by atoms with E-state index in [4.69, 9.17) is 0 Å². The van der Waals surface area contributed by atoms with E-state index in [2.05, 4.69) is 10.6 Å². The summed E-state index contributed by atoms with van der Waals surface area (Å²) >= 11 is 0. The van der Waals surface area contributed by atoms with Crippen molar-refractivity contribution < 1.29 is 4.79 Å². The highest BCUT2D eigenvalue weighted by molar-refractivity contribution is 5.89. The number of nitrogens with zero attached hydrogens (tertiary/aromatic N) is 1. The second-order valence-electron chi connectivity index (χ2n) is 5.76. The normalized spacial score (nSPS) is 26.5.